The highest BCUT2D eigenvalue weighted by Gasteiger charge is 2.50. The smallest absolute Gasteiger partial charge is 0.187 e. The van der Waals surface area contributed by atoms with Crippen LogP contribution in [0.1, 0.15) is 5.56 Å². The third-order valence-electron chi connectivity index (χ3n) is 5.43. The summed E-state index contributed by atoms with van der Waals surface area (Å²) >= 11 is 0. The lowest BCUT2D eigenvalue weighted by atomic mass is 9.97. The number of rotatable bonds is 8. The number of aliphatic hydroxyl groups excluding tert-OH is 7. The van der Waals surface area contributed by atoms with E-state index in [-0.39, 0.29) is 6.61 Å². The Bertz CT molecular complexity index is 713. The molecule has 1 aromatic carbocycles. The minimum Gasteiger partial charge on any atom is -0.394 e. The highest BCUT2D eigenvalue weighted by Crippen LogP contribution is 2.29. The van der Waals surface area contributed by atoms with Crippen LogP contribution in [0.2, 0.25) is 0 Å². The van der Waals surface area contributed by atoms with Crippen molar-refractivity contribution in [1.82, 2.24) is 0 Å². The average molecular weight is 458 g/mol. The lowest BCUT2D eigenvalue weighted by Gasteiger charge is -2.45. The van der Waals surface area contributed by atoms with Crippen molar-refractivity contribution in [2.75, 3.05) is 19.8 Å². The third kappa shape index (κ3) is 5.71. The second kappa shape index (κ2) is 11.6. The molecule has 10 atom stereocenters. The summed E-state index contributed by atoms with van der Waals surface area (Å²) in [4.78, 5) is 0. The van der Waals surface area contributed by atoms with Gasteiger partial charge < -0.3 is 54.7 Å². The molecule has 0 amide bonds. The fraction of sp³-hybridized carbons (Fsp3) is 0.619. The zero-order valence-electron chi connectivity index (χ0n) is 17.2. The summed E-state index contributed by atoms with van der Waals surface area (Å²) in [5.74, 6) is 0. The number of aliphatic hydroxyl groups is 7. The minimum absolute atomic E-state index is 0.0553. The van der Waals surface area contributed by atoms with E-state index < -0.39 is 74.6 Å². The Hall–Kier alpha value is -1.48. The van der Waals surface area contributed by atoms with Gasteiger partial charge in [0.2, 0.25) is 0 Å². The van der Waals surface area contributed by atoms with E-state index in [1.54, 1.807) is 12.2 Å². The van der Waals surface area contributed by atoms with Gasteiger partial charge in [-0.2, -0.15) is 0 Å². The summed E-state index contributed by atoms with van der Waals surface area (Å²) in [7, 11) is 0. The molecule has 0 bridgehead atoms. The zero-order chi connectivity index (χ0) is 23.3. The average Bonchev–Trinajstić information content (AvgIpc) is 2.81. The van der Waals surface area contributed by atoms with E-state index >= 15 is 0 Å². The molecule has 1 aromatic rings. The number of benzene rings is 1. The Labute approximate surface area is 184 Å². The van der Waals surface area contributed by atoms with E-state index in [1.807, 2.05) is 30.3 Å². The molecule has 0 aliphatic carbocycles. The lowest BCUT2D eigenvalue weighted by Crippen LogP contribution is -2.64. The van der Waals surface area contributed by atoms with Gasteiger partial charge in [0.05, 0.1) is 19.8 Å². The maximum Gasteiger partial charge on any atom is 0.187 e. The second-order valence-electron chi connectivity index (χ2n) is 7.65. The van der Waals surface area contributed by atoms with Gasteiger partial charge in [-0.1, -0.05) is 42.5 Å². The Kier molecular flexibility index (Phi) is 9.11. The predicted molar refractivity (Wildman–Crippen MR) is 108 cm³/mol. The van der Waals surface area contributed by atoms with Gasteiger partial charge in [-0.15, -0.1) is 0 Å². The lowest BCUT2D eigenvalue weighted by molar-refractivity contribution is -0.358. The Morgan fingerprint density at radius 2 is 1.38 bits per heavy atom. The fourth-order valence-corrected chi connectivity index (χ4v) is 3.59. The van der Waals surface area contributed by atoms with Crippen LogP contribution in [0.5, 0.6) is 0 Å². The van der Waals surface area contributed by atoms with Crippen LogP contribution in [0.3, 0.4) is 0 Å². The maximum absolute atomic E-state index is 10.5. The van der Waals surface area contributed by atoms with Gasteiger partial charge in [-0.3, -0.25) is 0 Å². The molecular formula is C21H30O11. The largest absolute Gasteiger partial charge is 0.394 e. The van der Waals surface area contributed by atoms with Crippen molar-refractivity contribution in [2.24, 2.45) is 0 Å². The first-order chi connectivity index (χ1) is 15.4. The van der Waals surface area contributed by atoms with E-state index in [1.165, 1.54) is 0 Å². The summed E-state index contributed by atoms with van der Waals surface area (Å²) in [6, 6.07) is 9.45. The summed E-state index contributed by atoms with van der Waals surface area (Å²) in [6.07, 6.45) is -11.2. The van der Waals surface area contributed by atoms with Gasteiger partial charge >= 0.3 is 0 Å². The molecule has 2 saturated heterocycles. The third-order valence-corrected chi connectivity index (χ3v) is 5.43. The van der Waals surface area contributed by atoms with Crippen LogP contribution in [-0.2, 0) is 18.9 Å². The van der Waals surface area contributed by atoms with Crippen LogP contribution in [0.15, 0.2) is 36.4 Å². The van der Waals surface area contributed by atoms with Crippen molar-refractivity contribution in [3.05, 3.63) is 42.0 Å². The Morgan fingerprint density at radius 1 is 0.750 bits per heavy atom. The molecule has 0 saturated carbocycles. The van der Waals surface area contributed by atoms with Crippen molar-refractivity contribution in [2.45, 2.75) is 61.4 Å². The van der Waals surface area contributed by atoms with Crippen LogP contribution in [0, 0.1) is 0 Å². The van der Waals surface area contributed by atoms with Crippen molar-refractivity contribution in [3.63, 3.8) is 0 Å². The second-order valence-corrected chi connectivity index (χ2v) is 7.65. The predicted octanol–water partition coefficient (Wildman–Crippen LogP) is -2.66. The highest BCUT2D eigenvalue weighted by molar-refractivity contribution is 5.48. The topological polar surface area (TPSA) is 179 Å². The molecule has 2 aliphatic heterocycles. The van der Waals surface area contributed by atoms with Crippen LogP contribution in [0.25, 0.3) is 6.08 Å². The molecule has 0 aromatic heterocycles. The number of hydrogen-bond donors (Lipinski definition) is 7. The Morgan fingerprint density at radius 3 is 2.03 bits per heavy atom. The summed E-state index contributed by atoms with van der Waals surface area (Å²) in [5, 5.41) is 69.8. The fourth-order valence-electron chi connectivity index (χ4n) is 3.59. The van der Waals surface area contributed by atoms with Gasteiger partial charge in [-0.05, 0) is 5.56 Å². The van der Waals surface area contributed by atoms with E-state index in [0.29, 0.717) is 0 Å². The van der Waals surface area contributed by atoms with Crippen molar-refractivity contribution >= 4 is 6.08 Å². The van der Waals surface area contributed by atoms with Gasteiger partial charge in [0.15, 0.2) is 12.6 Å². The molecule has 11 heteroatoms. The minimum atomic E-state index is -1.71. The summed E-state index contributed by atoms with van der Waals surface area (Å²) in [5.41, 5.74) is 0.947. The molecule has 0 unspecified atom stereocenters. The molecule has 3 rings (SSSR count). The summed E-state index contributed by atoms with van der Waals surface area (Å²) < 4.78 is 21.7. The van der Waals surface area contributed by atoms with E-state index in [2.05, 4.69) is 0 Å². The standard InChI is InChI=1S/C21H30O11/c22-9-12-14(24)15(25)17(27)21(30-12)32-19-13(10-23)31-20(18(28)16(19)26)29-8-4-7-11-5-2-1-3-6-11/h1-7,12-28H,8-10H2/b7-4+/t12-,13-,14-,15+,16-,17-,18-,19-,20-,21+/m1/s1. The van der Waals surface area contributed by atoms with Crippen molar-refractivity contribution in [3.8, 4) is 0 Å². The Balaban J connectivity index is 1.60. The monoisotopic (exact) mass is 458 g/mol. The van der Waals surface area contributed by atoms with Crippen LogP contribution in [-0.4, -0.2) is 117 Å². The molecule has 0 radical (unpaired) electrons. The maximum atomic E-state index is 10.5. The zero-order valence-corrected chi connectivity index (χ0v) is 17.2. The van der Waals surface area contributed by atoms with Crippen LogP contribution < -0.4 is 0 Å². The van der Waals surface area contributed by atoms with Crippen LogP contribution >= 0.6 is 0 Å². The molecule has 11 nitrogen and oxygen atoms in total. The molecule has 0 spiro atoms. The molecular weight excluding hydrogens is 428 g/mol. The van der Waals surface area contributed by atoms with Gasteiger partial charge in [-0.25, -0.2) is 0 Å². The van der Waals surface area contributed by atoms with Crippen molar-refractivity contribution < 1.29 is 54.7 Å². The summed E-state index contributed by atoms with van der Waals surface area (Å²) in [6.45, 7) is -1.22. The highest BCUT2D eigenvalue weighted by atomic mass is 16.7. The molecule has 32 heavy (non-hydrogen) atoms. The first-order valence-corrected chi connectivity index (χ1v) is 10.3. The van der Waals surface area contributed by atoms with Gasteiger partial charge in [0.25, 0.3) is 0 Å². The van der Waals surface area contributed by atoms with E-state index in [4.69, 9.17) is 18.9 Å². The normalized spacial score (nSPS) is 40.6. The van der Waals surface area contributed by atoms with E-state index in [0.717, 1.165) is 5.56 Å². The first kappa shape index (κ1) is 25.1. The number of ether oxygens (including phenoxy) is 4. The number of hydrogen-bond acceptors (Lipinski definition) is 11. The SMILES string of the molecule is OC[C@H]1O[C@@H](O[C@H]2[C@H](O)[C@@H](O)[C@H](OC/C=C/c3ccccc3)O[C@@H]2CO)[C@H](O)[C@@H](O)[C@@H]1O. The van der Waals surface area contributed by atoms with Gasteiger partial charge in [0, 0.05) is 0 Å². The van der Waals surface area contributed by atoms with E-state index in [9.17, 15) is 35.7 Å². The first-order valence-electron chi connectivity index (χ1n) is 10.3. The van der Waals surface area contributed by atoms with Crippen molar-refractivity contribution in [1.29, 1.82) is 0 Å². The quantitative estimate of drug-likeness (QED) is 0.216. The molecule has 2 heterocycles. The molecule has 2 fully saturated rings. The molecule has 2 aliphatic rings. The molecule has 180 valence electrons. The van der Waals surface area contributed by atoms with Gasteiger partial charge in [0.1, 0.15) is 48.8 Å². The van der Waals surface area contributed by atoms with Crippen LogP contribution in [0.4, 0.5) is 0 Å². The molecule has 7 N–H and O–H groups in total.